The third-order valence-corrected chi connectivity index (χ3v) is 4.53. The third-order valence-electron chi connectivity index (χ3n) is 4.53. The van der Waals surface area contributed by atoms with Crippen LogP contribution in [0.4, 0.5) is 0 Å². The van der Waals surface area contributed by atoms with Gasteiger partial charge in [-0.2, -0.15) is 0 Å². The molecule has 0 saturated heterocycles. The minimum Gasteiger partial charge on any atom is -0.491 e. The molecule has 0 aliphatic rings. The summed E-state index contributed by atoms with van der Waals surface area (Å²) in [4.78, 5) is 25.5. The number of aryl methyl sites for hydroxylation is 2. The van der Waals surface area contributed by atoms with E-state index >= 15 is 0 Å². The van der Waals surface area contributed by atoms with Gasteiger partial charge in [0.25, 0.3) is 11.8 Å². The van der Waals surface area contributed by atoms with Crippen molar-refractivity contribution in [3.63, 3.8) is 0 Å². The molecule has 0 aliphatic carbocycles. The predicted octanol–water partition coefficient (Wildman–Crippen LogP) is 4.25. The molecule has 2 amide bonds. The highest BCUT2D eigenvalue weighted by Gasteiger charge is 2.17. The molecule has 3 aromatic rings. The molecule has 3 rings (SSSR count). The van der Waals surface area contributed by atoms with Crippen molar-refractivity contribution in [3.05, 3.63) is 95.1 Å². The van der Waals surface area contributed by atoms with Gasteiger partial charge in [0.1, 0.15) is 23.8 Å². The Balaban J connectivity index is 1.66. The smallest absolute Gasteiger partial charge is 0.268 e. The van der Waals surface area contributed by atoms with E-state index < -0.39 is 5.91 Å². The van der Waals surface area contributed by atoms with E-state index in [0.717, 1.165) is 16.9 Å². The van der Waals surface area contributed by atoms with Crippen LogP contribution in [0.5, 0.6) is 5.75 Å². The van der Waals surface area contributed by atoms with E-state index in [-0.39, 0.29) is 24.3 Å². The zero-order valence-electron chi connectivity index (χ0n) is 17.8. The van der Waals surface area contributed by atoms with Gasteiger partial charge in [-0.15, -0.1) is 0 Å². The van der Waals surface area contributed by atoms with Crippen LogP contribution in [-0.4, -0.2) is 24.5 Å². The molecule has 0 radical (unpaired) electrons. The van der Waals surface area contributed by atoms with Crippen molar-refractivity contribution in [1.29, 1.82) is 0 Å². The van der Waals surface area contributed by atoms with Crippen LogP contribution in [0.1, 0.15) is 34.2 Å². The quantitative estimate of drug-likeness (QED) is 0.536. The fourth-order valence-electron chi connectivity index (χ4n) is 2.77. The Morgan fingerprint density at radius 1 is 1.00 bits per heavy atom. The number of furan rings is 1. The zero-order chi connectivity index (χ0) is 22.2. The predicted molar refractivity (Wildman–Crippen MR) is 120 cm³/mol. The Kier molecular flexibility index (Phi) is 7.27. The molecule has 0 saturated carbocycles. The highest BCUT2D eigenvalue weighted by atomic mass is 16.5. The van der Waals surface area contributed by atoms with Crippen LogP contribution in [0.3, 0.4) is 0 Å². The van der Waals surface area contributed by atoms with Crippen LogP contribution >= 0.6 is 0 Å². The Morgan fingerprint density at radius 2 is 1.65 bits per heavy atom. The topological polar surface area (TPSA) is 80.6 Å². The summed E-state index contributed by atoms with van der Waals surface area (Å²) >= 11 is 0. The number of hydrogen-bond acceptors (Lipinski definition) is 4. The molecule has 6 nitrogen and oxygen atoms in total. The van der Waals surface area contributed by atoms with Gasteiger partial charge in [0.05, 0.1) is 12.3 Å². The summed E-state index contributed by atoms with van der Waals surface area (Å²) in [5, 5.41) is 5.54. The van der Waals surface area contributed by atoms with Crippen molar-refractivity contribution in [2.45, 2.75) is 26.8 Å². The van der Waals surface area contributed by atoms with Crippen LogP contribution in [-0.2, 0) is 4.79 Å². The van der Waals surface area contributed by atoms with Gasteiger partial charge in [-0.25, -0.2) is 0 Å². The van der Waals surface area contributed by atoms with Gasteiger partial charge < -0.3 is 19.8 Å². The van der Waals surface area contributed by atoms with Crippen molar-refractivity contribution < 1.29 is 18.7 Å². The van der Waals surface area contributed by atoms with Crippen LogP contribution in [0.25, 0.3) is 6.08 Å². The number of amides is 2. The molecule has 0 spiro atoms. The molecule has 2 aromatic carbocycles. The normalized spacial score (nSPS) is 12.2. The molecule has 160 valence electrons. The molecule has 0 aliphatic heterocycles. The number of hydrogen-bond donors (Lipinski definition) is 2. The first-order valence-electron chi connectivity index (χ1n) is 10.0. The molecule has 2 N–H and O–H groups in total. The van der Waals surface area contributed by atoms with E-state index in [0.29, 0.717) is 11.3 Å². The molecule has 1 aromatic heterocycles. The number of carbonyl (C=O) groups excluding carboxylic acids is 2. The Bertz CT molecular complexity index is 1040. The lowest BCUT2D eigenvalue weighted by molar-refractivity contribution is -0.118. The Labute approximate surface area is 181 Å². The van der Waals surface area contributed by atoms with Crippen molar-refractivity contribution >= 4 is 17.9 Å². The maximum absolute atomic E-state index is 12.9. The molecule has 1 heterocycles. The number of rotatable bonds is 8. The molecule has 0 unspecified atom stereocenters. The fourth-order valence-corrected chi connectivity index (χ4v) is 2.77. The molecular formula is C25H26N2O4. The second-order valence-electron chi connectivity index (χ2n) is 7.39. The van der Waals surface area contributed by atoms with Gasteiger partial charge in [0.15, 0.2) is 0 Å². The lowest BCUT2D eigenvalue weighted by Gasteiger charge is -2.17. The summed E-state index contributed by atoms with van der Waals surface area (Å²) in [6.45, 7) is 6.06. The lowest BCUT2D eigenvalue weighted by Crippen LogP contribution is -2.41. The maximum atomic E-state index is 12.9. The van der Waals surface area contributed by atoms with E-state index in [1.807, 2.05) is 57.2 Å². The van der Waals surface area contributed by atoms with Crippen LogP contribution in [0.15, 0.2) is 77.0 Å². The highest BCUT2D eigenvalue weighted by Crippen LogP contribution is 2.12. The van der Waals surface area contributed by atoms with Gasteiger partial charge >= 0.3 is 0 Å². The van der Waals surface area contributed by atoms with E-state index in [1.54, 1.807) is 24.3 Å². The van der Waals surface area contributed by atoms with Crippen LogP contribution in [0.2, 0.25) is 0 Å². The van der Waals surface area contributed by atoms with Gasteiger partial charge in [0, 0.05) is 11.6 Å². The number of ether oxygens (including phenoxy) is 1. The maximum Gasteiger partial charge on any atom is 0.268 e. The largest absolute Gasteiger partial charge is 0.491 e. The zero-order valence-corrected chi connectivity index (χ0v) is 17.8. The lowest BCUT2D eigenvalue weighted by atomic mass is 10.1. The minimum atomic E-state index is -0.433. The molecule has 1 atom stereocenters. The molecule has 0 fully saturated rings. The first-order chi connectivity index (χ1) is 14.9. The first-order valence-corrected chi connectivity index (χ1v) is 10.0. The molecule has 6 heteroatoms. The SMILES string of the molecule is Cc1ccc(OC[C@@H](C)NC(=O)/C(=C/c2ccco2)NC(=O)c2ccc(C)cc2)cc1. The van der Waals surface area contributed by atoms with Gasteiger partial charge in [0.2, 0.25) is 0 Å². The highest BCUT2D eigenvalue weighted by molar-refractivity contribution is 6.05. The summed E-state index contributed by atoms with van der Waals surface area (Å²) in [6, 6.07) is 17.9. The second kappa shape index (κ2) is 10.3. The Morgan fingerprint density at radius 3 is 2.26 bits per heavy atom. The monoisotopic (exact) mass is 418 g/mol. The van der Waals surface area contributed by atoms with Gasteiger partial charge in [-0.3, -0.25) is 9.59 Å². The molecule has 31 heavy (non-hydrogen) atoms. The van der Waals surface area contributed by atoms with Gasteiger partial charge in [-0.1, -0.05) is 35.4 Å². The van der Waals surface area contributed by atoms with Crippen molar-refractivity contribution in [2.75, 3.05) is 6.61 Å². The van der Waals surface area contributed by atoms with Crippen LogP contribution in [0, 0.1) is 13.8 Å². The summed E-state index contributed by atoms with van der Waals surface area (Å²) < 4.78 is 11.0. The molecular weight excluding hydrogens is 392 g/mol. The van der Waals surface area contributed by atoms with E-state index in [9.17, 15) is 9.59 Å². The summed E-state index contributed by atoms with van der Waals surface area (Å²) in [7, 11) is 0. The van der Waals surface area contributed by atoms with E-state index in [1.165, 1.54) is 12.3 Å². The van der Waals surface area contributed by atoms with E-state index in [2.05, 4.69) is 10.6 Å². The first kappa shape index (κ1) is 21.9. The second-order valence-corrected chi connectivity index (χ2v) is 7.39. The summed E-state index contributed by atoms with van der Waals surface area (Å²) in [5.74, 6) is 0.372. The fraction of sp³-hybridized carbons (Fsp3) is 0.200. The van der Waals surface area contributed by atoms with Crippen molar-refractivity contribution in [1.82, 2.24) is 10.6 Å². The minimum absolute atomic E-state index is 0.0858. The van der Waals surface area contributed by atoms with Crippen molar-refractivity contribution in [2.24, 2.45) is 0 Å². The summed E-state index contributed by atoms with van der Waals surface area (Å²) in [6.07, 6.45) is 3.00. The van der Waals surface area contributed by atoms with Crippen molar-refractivity contribution in [3.8, 4) is 5.75 Å². The average Bonchev–Trinajstić information content (AvgIpc) is 3.26. The van der Waals surface area contributed by atoms with E-state index in [4.69, 9.17) is 9.15 Å². The Hall–Kier alpha value is -3.80. The number of carbonyl (C=O) groups is 2. The standard InChI is InChI=1S/C25H26N2O4/c1-17-6-10-20(11-7-17)24(28)27-23(15-22-5-4-14-30-22)25(29)26-19(3)16-31-21-12-8-18(2)9-13-21/h4-15,19H,16H2,1-3H3,(H,26,29)(H,27,28)/b23-15-/t19-/m1/s1. The number of benzene rings is 2. The average molecular weight is 418 g/mol. The number of nitrogens with one attached hydrogen (secondary N) is 2. The van der Waals surface area contributed by atoms with Crippen LogP contribution < -0.4 is 15.4 Å². The van der Waals surface area contributed by atoms with Gasteiger partial charge in [-0.05, 0) is 57.2 Å². The molecule has 0 bridgehead atoms. The third kappa shape index (κ3) is 6.60. The summed E-state index contributed by atoms with van der Waals surface area (Å²) in [5.41, 5.74) is 2.73.